The summed E-state index contributed by atoms with van der Waals surface area (Å²) in [6.45, 7) is 16.5. The fourth-order valence-corrected chi connectivity index (χ4v) is 2.79. The molecule has 0 aromatic rings. The van der Waals surface area contributed by atoms with E-state index in [0.717, 1.165) is 17.8 Å². The van der Waals surface area contributed by atoms with Crippen LogP contribution in [0.2, 0.25) is 0 Å². The van der Waals surface area contributed by atoms with Crippen molar-refractivity contribution in [1.82, 2.24) is 0 Å². The fraction of sp³-hybridized carbons (Fsp3) is 1.00. The Morgan fingerprint density at radius 3 is 1.80 bits per heavy atom. The van der Waals surface area contributed by atoms with Gasteiger partial charge in [-0.3, -0.25) is 0 Å². The first kappa shape index (κ1) is 15.0. The van der Waals surface area contributed by atoms with Crippen molar-refractivity contribution < 1.29 is 0 Å². The summed E-state index contributed by atoms with van der Waals surface area (Å²) in [4.78, 5) is 0. The number of hydrogen-bond acceptors (Lipinski definition) is 0. The van der Waals surface area contributed by atoms with Crippen molar-refractivity contribution in [1.29, 1.82) is 0 Å². The van der Waals surface area contributed by atoms with Gasteiger partial charge in [0.1, 0.15) is 0 Å². The second-order valence-electron chi connectivity index (χ2n) is 7.01. The fourth-order valence-electron chi connectivity index (χ4n) is 2.79. The van der Waals surface area contributed by atoms with E-state index in [1.54, 1.807) is 0 Å². The molecule has 92 valence electrons. The molecule has 0 spiro atoms. The number of rotatable bonds is 6. The third-order valence-electron chi connectivity index (χ3n) is 3.08. The van der Waals surface area contributed by atoms with E-state index in [9.17, 15) is 0 Å². The zero-order chi connectivity index (χ0) is 12.1. The van der Waals surface area contributed by atoms with Crippen molar-refractivity contribution in [3.63, 3.8) is 0 Å². The van der Waals surface area contributed by atoms with Crippen molar-refractivity contribution in [2.45, 2.75) is 74.1 Å². The topological polar surface area (TPSA) is 0 Å². The molecule has 2 atom stereocenters. The minimum Gasteiger partial charge on any atom is -0.0651 e. The van der Waals surface area contributed by atoms with Gasteiger partial charge in [0.05, 0.1) is 0 Å². The van der Waals surface area contributed by atoms with E-state index in [1.807, 2.05) is 0 Å². The molecule has 0 fully saturated rings. The van der Waals surface area contributed by atoms with Gasteiger partial charge in [0.25, 0.3) is 0 Å². The zero-order valence-electron chi connectivity index (χ0n) is 12.1. The molecule has 0 bridgehead atoms. The maximum Gasteiger partial charge on any atom is -0.0380 e. The summed E-state index contributed by atoms with van der Waals surface area (Å²) in [5, 5.41) is 0. The lowest BCUT2D eigenvalue weighted by atomic mass is 9.79. The van der Waals surface area contributed by atoms with Crippen LogP contribution >= 0.6 is 0 Å². The highest BCUT2D eigenvalue weighted by molar-refractivity contribution is 4.70. The number of hydrogen-bond donors (Lipinski definition) is 0. The molecule has 0 radical (unpaired) electrons. The quantitative estimate of drug-likeness (QED) is 0.543. The van der Waals surface area contributed by atoms with Gasteiger partial charge in [0.2, 0.25) is 0 Å². The highest BCUT2D eigenvalue weighted by Gasteiger charge is 2.18. The average Bonchev–Trinajstić information content (AvgIpc) is 1.98. The van der Waals surface area contributed by atoms with E-state index in [2.05, 4.69) is 48.5 Å². The second-order valence-corrected chi connectivity index (χ2v) is 7.01. The van der Waals surface area contributed by atoms with Crippen LogP contribution in [0.15, 0.2) is 0 Å². The molecule has 0 N–H and O–H groups in total. The Balaban J connectivity index is 3.96. The Bertz CT molecular complexity index is 150. The van der Waals surface area contributed by atoms with Gasteiger partial charge in [0, 0.05) is 0 Å². The molecule has 15 heavy (non-hydrogen) atoms. The predicted octanol–water partition coefficient (Wildman–Crippen LogP) is 5.52. The van der Waals surface area contributed by atoms with Crippen molar-refractivity contribution in [3.8, 4) is 0 Å². The summed E-state index contributed by atoms with van der Waals surface area (Å²) in [7, 11) is 0. The molecule has 0 rings (SSSR count). The zero-order valence-corrected chi connectivity index (χ0v) is 12.1. The van der Waals surface area contributed by atoms with Crippen molar-refractivity contribution in [3.05, 3.63) is 0 Å². The van der Waals surface area contributed by atoms with Crippen LogP contribution in [0.25, 0.3) is 0 Å². The maximum atomic E-state index is 2.42. The third kappa shape index (κ3) is 8.96. The predicted molar refractivity (Wildman–Crippen MR) is 71.1 cm³/mol. The molecule has 0 aliphatic carbocycles. The molecule has 0 aromatic carbocycles. The van der Waals surface area contributed by atoms with Crippen LogP contribution in [0, 0.1) is 23.2 Å². The molecule has 0 amide bonds. The van der Waals surface area contributed by atoms with Crippen LogP contribution in [0.3, 0.4) is 0 Å². The Morgan fingerprint density at radius 2 is 1.47 bits per heavy atom. The highest BCUT2D eigenvalue weighted by Crippen LogP contribution is 2.30. The van der Waals surface area contributed by atoms with Gasteiger partial charge in [-0.1, -0.05) is 54.9 Å². The van der Waals surface area contributed by atoms with Gasteiger partial charge in [-0.25, -0.2) is 0 Å². The highest BCUT2D eigenvalue weighted by atomic mass is 14.2. The summed E-state index contributed by atoms with van der Waals surface area (Å²) >= 11 is 0. The van der Waals surface area contributed by atoms with Gasteiger partial charge < -0.3 is 0 Å². The van der Waals surface area contributed by atoms with Crippen LogP contribution in [-0.4, -0.2) is 0 Å². The molecular weight excluding hydrogens is 180 g/mol. The van der Waals surface area contributed by atoms with E-state index in [1.165, 1.54) is 25.7 Å². The lowest BCUT2D eigenvalue weighted by molar-refractivity contribution is 0.249. The standard InChI is InChI=1S/C15H32/c1-8-14(9-12(2)3)10-13(4)11-15(5,6)7/h12-14H,8-11H2,1-7H3. The van der Waals surface area contributed by atoms with E-state index in [4.69, 9.17) is 0 Å². The maximum absolute atomic E-state index is 2.42. The third-order valence-corrected chi connectivity index (χ3v) is 3.08. The van der Waals surface area contributed by atoms with Gasteiger partial charge in [-0.05, 0) is 42.4 Å². The summed E-state index contributed by atoms with van der Waals surface area (Å²) in [6.07, 6.45) is 5.55. The van der Waals surface area contributed by atoms with Crippen LogP contribution in [0.4, 0.5) is 0 Å². The van der Waals surface area contributed by atoms with Gasteiger partial charge in [-0.15, -0.1) is 0 Å². The molecule has 2 unspecified atom stereocenters. The minimum atomic E-state index is 0.496. The minimum absolute atomic E-state index is 0.496. The summed E-state index contributed by atoms with van der Waals surface area (Å²) in [6, 6.07) is 0. The van der Waals surface area contributed by atoms with Crippen molar-refractivity contribution >= 4 is 0 Å². The van der Waals surface area contributed by atoms with E-state index >= 15 is 0 Å². The summed E-state index contributed by atoms with van der Waals surface area (Å²) in [5.41, 5.74) is 0.496. The molecule has 0 saturated carbocycles. The normalized spacial score (nSPS) is 16.8. The lowest BCUT2D eigenvalue weighted by Gasteiger charge is -2.27. The van der Waals surface area contributed by atoms with Gasteiger partial charge in [-0.2, -0.15) is 0 Å². The molecule has 0 saturated heterocycles. The van der Waals surface area contributed by atoms with E-state index in [0.29, 0.717) is 5.41 Å². The summed E-state index contributed by atoms with van der Waals surface area (Å²) in [5.74, 6) is 2.69. The SMILES string of the molecule is CCC(CC(C)C)CC(C)CC(C)(C)C. The van der Waals surface area contributed by atoms with Crippen molar-refractivity contribution in [2.24, 2.45) is 23.2 Å². The van der Waals surface area contributed by atoms with Crippen molar-refractivity contribution in [2.75, 3.05) is 0 Å². The Kier molecular flexibility index (Phi) is 6.55. The molecule has 0 heteroatoms. The molecule has 0 heterocycles. The van der Waals surface area contributed by atoms with Gasteiger partial charge >= 0.3 is 0 Å². The van der Waals surface area contributed by atoms with Crippen LogP contribution < -0.4 is 0 Å². The van der Waals surface area contributed by atoms with E-state index < -0.39 is 0 Å². The first-order valence-corrected chi connectivity index (χ1v) is 6.74. The Labute approximate surface area is 97.8 Å². The molecule has 0 aromatic heterocycles. The lowest BCUT2D eigenvalue weighted by Crippen LogP contribution is -2.15. The first-order chi connectivity index (χ1) is 6.74. The Hall–Kier alpha value is 0. The van der Waals surface area contributed by atoms with Crippen LogP contribution in [0.1, 0.15) is 74.1 Å². The molecule has 0 aliphatic rings. The molecular formula is C15H32. The average molecular weight is 212 g/mol. The largest absolute Gasteiger partial charge is 0.0651 e. The monoisotopic (exact) mass is 212 g/mol. The van der Waals surface area contributed by atoms with Gasteiger partial charge in [0.15, 0.2) is 0 Å². The van der Waals surface area contributed by atoms with Crippen LogP contribution in [0.5, 0.6) is 0 Å². The van der Waals surface area contributed by atoms with Crippen LogP contribution in [-0.2, 0) is 0 Å². The second kappa shape index (κ2) is 6.55. The first-order valence-electron chi connectivity index (χ1n) is 6.74. The molecule has 0 aliphatic heterocycles. The Morgan fingerprint density at radius 1 is 0.933 bits per heavy atom. The summed E-state index contributed by atoms with van der Waals surface area (Å²) < 4.78 is 0. The van der Waals surface area contributed by atoms with E-state index in [-0.39, 0.29) is 0 Å². The molecule has 0 nitrogen and oxygen atoms in total. The smallest absolute Gasteiger partial charge is 0.0380 e.